The van der Waals surface area contributed by atoms with E-state index in [1.807, 2.05) is 18.2 Å². The Bertz CT molecular complexity index is 2250. The number of allylic oxidation sites excluding steroid dienone is 18. The van der Waals surface area contributed by atoms with Crippen molar-refractivity contribution in [3.8, 4) is 0 Å². The number of aliphatic hydroxyl groups excluding tert-OH is 1. The van der Waals surface area contributed by atoms with Crippen LogP contribution in [0, 0.1) is 0 Å². The number of hydrogen-bond acceptors (Lipinski definition) is 15. The van der Waals surface area contributed by atoms with Gasteiger partial charge in [0, 0.05) is 25.7 Å². The van der Waals surface area contributed by atoms with Gasteiger partial charge in [-0.25, -0.2) is 9.13 Å². The van der Waals surface area contributed by atoms with Crippen molar-refractivity contribution in [2.24, 2.45) is 0 Å². The summed E-state index contributed by atoms with van der Waals surface area (Å²) in [6.07, 6.45) is 72.5. The molecule has 0 saturated heterocycles. The molecule has 0 aromatic rings. The molecule has 0 aliphatic carbocycles. The van der Waals surface area contributed by atoms with Gasteiger partial charge in [-0.1, -0.05) is 265 Å². The van der Waals surface area contributed by atoms with Crippen LogP contribution in [0.25, 0.3) is 0 Å². The maximum Gasteiger partial charge on any atom is 0.472 e. The number of unbranched alkanes of at least 4 members (excludes halogenated alkanes) is 25. The number of carbonyl (C=O) groups excluding carboxylic acids is 4. The lowest BCUT2D eigenvalue weighted by Crippen LogP contribution is -2.30. The summed E-state index contributed by atoms with van der Waals surface area (Å²) in [5.74, 6) is -2.29. The van der Waals surface area contributed by atoms with Gasteiger partial charge in [0.1, 0.15) is 19.3 Å². The van der Waals surface area contributed by atoms with Crippen LogP contribution in [0.1, 0.15) is 297 Å². The highest BCUT2D eigenvalue weighted by atomic mass is 31.2. The van der Waals surface area contributed by atoms with Crippen LogP contribution in [-0.4, -0.2) is 96.7 Å². The van der Waals surface area contributed by atoms with Gasteiger partial charge in [0.05, 0.1) is 26.4 Å². The van der Waals surface area contributed by atoms with Crippen molar-refractivity contribution in [3.05, 3.63) is 109 Å². The molecule has 0 radical (unpaired) electrons. The van der Waals surface area contributed by atoms with Gasteiger partial charge in [-0.05, 0) is 116 Å². The highest BCUT2D eigenvalue weighted by Crippen LogP contribution is 2.45. The predicted molar refractivity (Wildman–Crippen MR) is 390 cm³/mol. The SMILES string of the molecule is CC/C=C\C/C=C\C/C=C\C/C=C\C/C=C\C/C=C\CCC(=O)OCC(COP(=O)(O)OCC(O)COP(=O)(O)OCC(COC(=O)CCCCCCC/C=C\C/C=C\CCC)OC(=O)CCCCCCCCCCCCC)OC(=O)CCCCCCC/C=C\CCCCCC. The van der Waals surface area contributed by atoms with Crippen molar-refractivity contribution in [2.45, 2.75) is 316 Å². The lowest BCUT2D eigenvalue weighted by molar-refractivity contribution is -0.161. The number of phosphoric acid groups is 2. The van der Waals surface area contributed by atoms with Gasteiger partial charge in [-0.3, -0.25) is 37.3 Å². The number of carbonyl (C=O) groups is 4. The Morgan fingerprint density at radius 3 is 0.958 bits per heavy atom. The Labute approximate surface area is 581 Å². The van der Waals surface area contributed by atoms with Crippen molar-refractivity contribution < 1.29 is 80.2 Å². The average molecular weight is 1390 g/mol. The van der Waals surface area contributed by atoms with E-state index in [9.17, 15) is 43.2 Å². The summed E-state index contributed by atoms with van der Waals surface area (Å²) in [7, 11) is -9.96. The molecule has 0 aromatic carbocycles. The zero-order valence-corrected chi connectivity index (χ0v) is 61.8. The van der Waals surface area contributed by atoms with Gasteiger partial charge in [0.2, 0.25) is 0 Å². The van der Waals surface area contributed by atoms with Crippen molar-refractivity contribution in [3.63, 3.8) is 0 Å². The third-order valence-electron chi connectivity index (χ3n) is 15.2. The molecule has 96 heavy (non-hydrogen) atoms. The van der Waals surface area contributed by atoms with E-state index >= 15 is 0 Å². The fraction of sp³-hybridized carbons (Fsp3) is 0.714. The van der Waals surface area contributed by atoms with Crippen molar-refractivity contribution in [1.29, 1.82) is 0 Å². The summed E-state index contributed by atoms with van der Waals surface area (Å²) >= 11 is 0. The molecule has 3 N–H and O–H groups in total. The molecule has 0 aliphatic rings. The zero-order chi connectivity index (χ0) is 70.4. The summed E-state index contributed by atoms with van der Waals surface area (Å²) in [4.78, 5) is 72.6. The molecule has 0 aliphatic heterocycles. The second-order valence-corrected chi connectivity index (χ2v) is 27.4. The number of esters is 4. The average Bonchev–Trinajstić information content (AvgIpc) is 1.17. The van der Waals surface area contributed by atoms with E-state index in [0.717, 1.165) is 148 Å². The standard InChI is InChI=1S/C77H132O17P2/c1-5-9-13-17-21-25-29-32-33-34-35-36-37-40-43-46-50-54-58-62-75(80)88-68-73(94-77(82)64-60-56-52-48-44-39-31-27-23-19-15-11-7-3)70-92-96(85,86)90-66-71(78)65-89-95(83,84)91-69-72(93-76(81)63-59-55-51-47-41-28-24-20-16-12-8-4)67-87-74(79)61-57-53-49-45-42-38-30-26-22-18-14-10-6-2/h9,13-14,18,21,25-27,30-33,35-36,40,43,50,54,71-73,78H,5-8,10-12,15-17,19-20,22-24,28-29,34,37-39,41-42,44-49,51-53,55-70H2,1-4H3,(H,83,84)(H,85,86)/b13-9-,18-14-,25-21-,30-26-,31-27-,33-32-,36-35-,43-40-,54-50-. The minimum absolute atomic E-state index is 0.0338. The number of hydrogen-bond donors (Lipinski definition) is 3. The quantitative estimate of drug-likeness (QED) is 0.0169. The van der Waals surface area contributed by atoms with Gasteiger partial charge in [0.25, 0.3) is 0 Å². The van der Waals surface area contributed by atoms with Crippen LogP contribution in [0.5, 0.6) is 0 Å². The summed E-state index contributed by atoms with van der Waals surface area (Å²) in [5, 5.41) is 10.6. The normalized spacial score (nSPS) is 14.6. The maximum absolute atomic E-state index is 13.0. The van der Waals surface area contributed by atoms with E-state index < -0.39 is 97.5 Å². The Morgan fingerprint density at radius 2 is 0.583 bits per heavy atom. The largest absolute Gasteiger partial charge is 0.472 e. The first-order valence-corrected chi connectivity index (χ1v) is 40.1. The summed E-state index contributed by atoms with van der Waals surface area (Å²) in [5.41, 5.74) is 0. The zero-order valence-electron chi connectivity index (χ0n) is 60.0. The first-order valence-electron chi connectivity index (χ1n) is 37.1. The van der Waals surface area contributed by atoms with Crippen LogP contribution < -0.4 is 0 Å². The third-order valence-corrected chi connectivity index (χ3v) is 17.1. The summed E-state index contributed by atoms with van der Waals surface area (Å²) < 4.78 is 68.2. The molecule has 0 spiro atoms. The van der Waals surface area contributed by atoms with Crippen LogP contribution in [0.2, 0.25) is 0 Å². The van der Waals surface area contributed by atoms with Gasteiger partial charge >= 0.3 is 39.5 Å². The fourth-order valence-corrected chi connectivity index (χ4v) is 11.2. The lowest BCUT2D eigenvalue weighted by Gasteiger charge is -2.21. The van der Waals surface area contributed by atoms with E-state index in [-0.39, 0.29) is 25.7 Å². The molecular formula is C77H132O17P2. The van der Waals surface area contributed by atoms with E-state index in [1.54, 1.807) is 0 Å². The molecule has 0 rings (SSSR count). The Balaban J connectivity index is 5.38. The number of ether oxygens (including phenoxy) is 4. The van der Waals surface area contributed by atoms with E-state index in [1.165, 1.54) is 64.2 Å². The Hall–Kier alpha value is -4.28. The molecule has 0 amide bonds. The van der Waals surface area contributed by atoms with Crippen molar-refractivity contribution in [1.82, 2.24) is 0 Å². The highest BCUT2D eigenvalue weighted by Gasteiger charge is 2.30. The molecule has 5 atom stereocenters. The van der Waals surface area contributed by atoms with Crippen molar-refractivity contribution >= 4 is 39.5 Å². The molecule has 17 nitrogen and oxygen atoms in total. The van der Waals surface area contributed by atoms with Gasteiger partial charge in [0.15, 0.2) is 12.2 Å². The minimum Gasteiger partial charge on any atom is -0.462 e. The van der Waals surface area contributed by atoms with Crippen LogP contribution in [-0.2, 0) is 65.4 Å². The monoisotopic (exact) mass is 1390 g/mol. The predicted octanol–water partition coefficient (Wildman–Crippen LogP) is 21.0. The summed E-state index contributed by atoms with van der Waals surface area (Å²) in [6.45, 7) is 4.56. The van der Waals surface area contributed by atoms with Gasteiger partial charge < -0.3 is 33.8 Å². The van der Waals surface area contributed by atoms with Crippen molar-refractivity contribution in [2.75, 3.05) is 39.6 Å². The van der Waals surface area contributed by atoms with E-state index in [2.05, 4.69) is 119 Å². The molecule has 0 heterocycles. The first kappa shape index (κ1) is 91.7. The topological polar surface area (TPSA) is 237 Å². The minimum atomic E-state index is -4.99. The summed E-state index contributed by atoms with van der Waals surface area (Å²) in [6, 6.07) is 0. The molecule has 19 heteroatoms. The van der Waals surface area contributed by atoms with Crippen LogP contribution in [0.4, 0.5) is 0 Å². The third kappa shape index (κ3) is 68.3. The Kier molecular flexibility index (Phi) is 66.1. The molecular weight excluding hydrogens is 1260 g/mol. The van der Waals surface area contributed by atoms with Gasteiger partial charge in [-0.15, -0.1) is 0 Å². The second kappa shape index (κ2) is 69.2. The van der Waals surface area contributed by atoms with Gasteiger partial charge in [-0.2, -0.15) is 0 Å². The van der Waals surface area contributed by atoms with Crippen LogP contribution in [0.3, 0.4) is 0 Å². The number of aliphatic hydroxyl groups is 1. The Morgan fingerprint density at radius 1 is 0.302 bits per heavy atom. The van der Waals surface area contributed by atoms with E-state index in [0.29, 0.717) is 32.1 Å². The van der Waals surface area contributed by atoms with Crippen LogP contribution >= 0.6 is 15.6 Å². The molecule has 552 valence electrons. The molecule has 0 fully saturated rings. The molecule has 0 aromatic heterocycles. The number of phosphoric ester groups is 2. The maximum atomic E-state index is 13.0. The molecule has 0 saturated carbocycles. The lowest BCUT2D eigenvalue weighted by atomic mass is 10.1. The first-order chi connectivity index (χ1) is 46.7. The highest BCUT2D eigenvalue weighted by molar-refractivity contribution is 7.47. The molecule has 0 bridgehead atoms. The molecule has 5 unspecified atom stereocenters. The van der Waals surface area contributed by atoms with Crippen LogP contribution in [0.15, 0.2) is 109 Å². The second-order valence-electron chi connectivity index (χ2n) is 24.5. The van der Waals surface area contributed by atoms with E-state index in [4.69, 9.17) is 37.0 Å². The smallest absolute Gasteiger partial charge is 0.462 e. The fourth-order valence-electron chi connectivity index (χ4n) is 9.57. The number of rotatable bonds is 69.